The van der Waals surface area contributed by atoms with Crippen molar-refractivity contribution >= 4 is 21.6 Å². The summed E-state index contributed by atoms with van der Waals surface area (Å²) in [6.45, 7) is 8.70. The molecule has 3 nitrogen and oxygen atoms in total. The van der Waals surface area contributed by atoms with E-state index in [0.29, 0.717) is 16.5 Å². The van der Waals surface area contributed by atoms with Gasteiger partial charge >= 0.3 is 0 Å². The van der Waals surface area contributed by atoms with Crippen LogP contribution in [-0.2, 0) is 10.0 Å². The van der Waals surface area contributed by atoms with Gasteiger partial charge < -0.3 is 0 Å². The zero-order valence-corrected chi connectivity index (χ0v) is 14.2. The second kappa shape index (κ2) is 7.43. The maximum absolute atomic E-state index is 12.8. The molecule has 0 radical (unpaired) electrons. The van der Waals surface area contributed by atoms with Crippen LogP contribution in [0.25, 0.3) is 0 Å². The van der Waals surface area contributed by atoms with Crippen LogP contribution in [0.15, 0.2) is 29.2 Å². The fourth-order valence-corrected chi connectivity index (χ4v) is 4.48. The highest BCUT2D eigenvalue weighted by Gasteiger charge is 2.31. The molecule has 0 aliphatic carbocycles. The Hall–Kier alpha value is -0.580. The molecule has 0 aliphatic heterocycles. The summed E-state index contributed by atoms with van der Waals surface area (Å²) in [6, 6.07) is 6.42. The van der Waals surface area contributed by atoms with Crippen LogP contribution < -0.4 is 0 Å². The Morgan fingerprint density at radius 1 is 1.15 bits per heavy atom. The number of nitrogens with zero attached hydrogens (tertiary/aromatic N) is 1. The second-order valence-electron chi connectivity index (χ2n) is 5.29. The highest BCUT2D eigenvalue weighted by Crippen LogP contribution is 2.25. The predicted octanol–water partition coefficient (Wildman–Crippen LogP) is 4.18. The third kappa shape index (κ3) is 3.96. The van der Waals surface area contributed by atoms with E-state index in [-0.39, 0.29) is 12.0 Å². The van der Waals surface area contributed by atoms with Crippen molar-refractivity contribution in [3.8, 4) is 0 Å². The minimum absolute atomic E-state index is 0.0237. The molecular formula is C15H24ClNO2S. The molecule has 5 heteroatoms. The van der Waals surface area contributed by atoms with Crippen molar-refractivity contribution in [1.29, 1.82) is 0 Å². The van der Waals surface area contributed by atoms with Crippen molar-refractivity contribution in [3.05, 3.63) is 29.3 Å². The molecule has 114 valence electrons. The van der Waals surface area contributed by atoms with Gasteiger partial charge in [0.05, 0.1) is 4.90 Å². The van der Waals surface area contributed by atoms with Gasteiger partial charge in [0.25, 0.3) is 0 Å². The van der Waals surface area contributed by atoms with Crippen LogP contribution in [0.3, 0.4) is 0 Å². The van der Waals surface area contributed by atoms with Crippen LogP contribution in [0.4, 0.5) is 0 Å². The molecule has 0 saturated heterocycles. The van der Waals surface area contributed by atoms with Gasteiger partial charge in [-0.15, -0.1) is 0 Å². The molecule has 0 fully saturated rings. The predicted molar refractivity (Wildman–Crippen MR) is 84.6 cm³/mol. The molecule has 0 N–H and O–H groups in total. The Balaban J connectivity index is 3.21. The van der Waals surface area contributed by atoms with Crippen LogP contribution in [0.1, 0.15) is 40.5 Å². The average Bonchev–Trinajstić information content (AvgIpc) is 2.38. The van der Waals surface area contributed by atoms with Crippen LogP contribution in [0.5, 0.6) is 0 Å². The molecule has 1 aromatic carbocycles. The summed E-state index contributed by atoms with van der Waals surface area (Å²) in [4.78, 5) is 0.314. The summed E-state index contributed by atoms with van der Waals surface area (Å²) >= 11 is 5.83. The molecule has 1 rings (SSSR count). The lowest BCUT2D eigenvalue weighted by atomic mass is 10.0. The molecular weight excluding hydrogens is 294 g/mol. The molecule has 0 bridgehead atoms. The summed E-state index contributed by atoms with van der Waals surface area (Å²) in [5.74, 6) is 0.286. The van der Waals surface area contributed by atoms with Gasteiger partial charge in [-0.2, -0.15) is 4.31 Å². The first-order valence-electron chi connectivity index (χ1n) is 7.12. The molecule has 0 saturated carbocycles. The van der Waals surface area contributed by atoms with Crippen molar-refractivity contribution < 1.29 is 8.42 Å². The van der Waals surface area contributed by atoms with E-state index in [1.54, 1.807) is 28.6 Å². The Morgan fingerprint density at radius 3 is 2.10 bits per heavy atom. The van der Waals surface area contributed by atoms with Gasteiger partial charge in [-0.1, -0.05) is 39.3 Å². The number of hydrogen-bond acceptors (Lipinski definition) is 2. The monoisotopic (exact) mass is 317 g/mol. The molecule has 1 atom stereocenters. The molecule has 0 aromatic heterocycles. The second-order valence-corrected chi connectivity index (χ2v) is 7.62. The van der Waals surface area contributed by atoms with Crippen molar-refractivity contribution in [2.24, 2.45) is 5.92 Å². The first-order valence-corrected chi connectivity index (χ1v) is 8.93. The lowest BCUT2D eigenvalue weighted by Gasteiger charge is -2.32. The van der Waals surface area contributed by atoms with Gasteiger partial charge in [0.1, 0.15) is 0 Å². The van der Waals surface area contributed by atoms with E-state index in [2.05, 4.69) is 13.8 Å². The molecule has 0 spiro atoms. The Morgan fingerprint density at radius 2 is 1.70 bits per heavy atom. The van der Waals surface area contributed by atoms with Crippen LogP contribution >= 0.6 is 11.6 Å². The fraction of sp³-hybridized carbons (Fsp3) is 0.600. The topological polar surface area (TPSA) is 37.4 Å². The maximum atomic E-state index is 12.8. The molecule has 0 aliphatic rings. The minimum Gasteiger partial charge on any atom is -0.207 e. The van der Waals surface area contributed by atoms with Gasteiger partial charge in [-0.3, -0.25) is 0 Å². The van der Waals surface area contributed by atoms with Crippen molar-refractivity contribution in [1.82, 2.24) is 4.31 Å². The first kappa shape index (κ1) is 17.5. The number of hydrogen-bond donors (Lipinski definition) is 0. The number of rotatable bonds is 7. The number of halogens is 1. The lowest BCUT2D eigenvalue weighted by molar-refractivity contribution is 0.251. The summed E-state index contributed by atoms with van der Waals surface area (Å²) in [5.41, 5.74) is 0. The van der Waals surface area contributed by atoms with E-state index >= 15 is 0 Å². The summed E-state index contributed by atoms with van der Waals surface area (Å²) in [7, 11) is -3.46. The fourth-order valence-electron chi connectivity index (χ4n) is 2.43. The molecule has 20 heavy (non-hydrogen) atoms. The summed E-state index contributed by atoms with van der Waals surface area (Å²) < 4.78 is 27.3. The molecule has 0 unspecified atom stereocenters. The van der Waals surface area contributed by atoms with Crippen LogP contribution in [0.2, 0.25) is 5.02 Å². The van der Waals surface area contributed by atoms with Gasteiger partial charge in [-0.25, -0.2) is 8.42 Å². The Bertz CT molecular complexity index is 511. The van der Waals surface area contributed by atoms with E-state index < -0.39 is 10.0 Å². The molecule has 1 aromatic rings. The zero-order valence-electron chi connectivity index (χ0n) is 12.6. The van der Waals surface area contributed by atoms with Crippen molar-refractivity contribution in [3.63, 3.8) is 0 Å². The van der Waals surface area contributed by atoms with Gasteiger partial charge in [0.2, 0.25) is 10.0 Å². The average molecular weight is 318 g/mol. The van der Waals surface area contributed by atoms with Crippen molar-refractivity contribution in [2.75, 3.05) is 6.54 Å². The highest BCUT2D eigenvalue weighted by molar-refractivity contribution is 7.89. The highest BCUT2D eigenvalue weighted by atomic mass is 35.5. The largest absolute Gasteiger partial charge is 0.243 e. The van der Waals surface area contributed by atoms with Gasteiger partial charge in [0, 0.05) is 17.6 Å². The number of sulfonamides is 1. The third-order valence-corrected chi connectivity index (χ3v) is 5.61. The van der Waals surface area contributed by atoms with E-state index in [1.807, 2.05) is 13.8 Å². The zero-order chi connectivity index (χ0) is 15.3. The summed E-state index contributed by atoms with van der Waals surface area (Å²) in [6.07, 6.45) is 1.61. The third-order valence-electron chi connectivity index (χ3n) is 3.42. The smallest absolute Gasteiger partial charge is 0.207 e. The van der Waals surface area contributed by atoms with E-state index in [0.717, 1.165) is 12.8 Å². The van der Waals surface area contributed by atoms with E-state index in [9.17, 15) is 8.42 Å². The molecule has 0 amide bonds. The quantitative estimate of drug-likeness (QED) is 0.756. The van der Waals surface area contributed by atoms with Gasteiger partial charge in [0.15, 0.2) is 0 Å². The normalized spacial score (nSPS) is 13.9. The van der Waals surface area contributed by atoms with E-state index in [1.165, 1.54) is 0 Å². The Kier molecular flexibility index (Phi) is 6.49. The van der Waals surface area contributed by atoms with Crippen molar-refractivity contribution in [2.45, 2.75) is 51.5 Å². The van der Waals surface area contributed by atoms with E-state index in [4.69, 9.17) is 11.6 Å². The first-order chi connectivity index (χ1) is 9.34. The van der Waals surface area contributed by atoms with Gasteiger partial charge in [-0.05, 0) is 43.0 Å². The maximum Gasteiger partial charge on any atom is 0.243 e. The SMILES string of the molecule is CCCN([C@@H](CC)C(C)C)S(=O)(=O)c1ccc(Cl)cc1. The van der Waals surface area contributed by atoms with Crippen LogP contribution in [0, 0.1) is 5.92 Å². The lowest BCUT2D eigenvalue weighted by Crippen LogP contribution is -2.43. The standard InChI is InChI=1S/C15H24ClNO2S/c1-5-11-17(15(6-2)12(3)4)20(18,19)14-9-7-13(16)8-10-14/h7-10,12,15H,5-6,11H2,1-4H3/t15-/m0/s1. The minimum atomic E-state index is -3.46. The summed E-state index contributed by atoms with van der Waals surface area (Å²) in [5, 5.41) is 0.543. The van der Waals surface area contributed by atoms with Crippen LogP contribution in [-0.4, -0.2) is 25.3 Å². The number of benzene rings is 1. The molecule has 0 heterocycles. The Labute approximate surface area is 128 Å².